The predicted octanol–water partition coefficient (Wildman–Crippen LogP) is 11.0. The zero-order chi connectivity index (χ0) is 34.6. The van der Waals surface area contributed by atoms with Crippen LogP contribution in [0, 0.1) is 6.92 Å². The average molecular weight is 670 g/mol. The van der Waals surface area contributed by atoms with Crippen molar-refractivity contribution in [3.63, 3.8) is 0 Å². The van der Waals surface area contributed by atoms with Gasteiger partial charge in [-0.05, 0) is 93.7 Å². The molecule has 52 heavy (non-hydrogen) atoms. The Hall–Kier alpha value is -6.52. The van der Waals surface area contributed by atoms with E-state index >= 15 is 0 Å². The molecule has 0 radical (unpaired) electrons. The Bertz CT molecular complexity index is 2900. The Labute approximate surface area is 301 Å². The first-order valence-corrected chi connectivity index (χ1v) is 17.9. The molecule has 0 aliphatic carbocycles. The minimum Gasteiger partial charge on any atom is -0.456 e. The van der Waals surface area contributed by atoms with Crippen LogP contribution in [0.1, 0.15) is 39.9 Å². The number of aromatic nitrogens is 1. The number of fused-ring (bicyclic) bond motifs is 6. The highest BCUT2D eigenvalue weighted by molar-refractivity contribution is 6.07. The van der Waals surface area contributed by atoms with Gasteiger partial charge in [0.25, 0.3) is 0 Å². The number of hydrogen-bond donors (Lipinski definition) is 1. The maximum atomic E-state index is 6.30. The zero-order valence-electron chi connectivity index (χ0n) is 28.8. The van der Waals surface area contributed by atoms with Crippen molar-refractivity contribution in [2.75, 3.05) is 0 Å². The van der Waals surface area contributed by atoms with Gasteiger partial charge in [-0.15, -0.1) is 0 Å². The van der Waals surface area contributed by atoms with Crippen molar-refractivity contribution in [3.8, 4) is 22.3 Å². The second-order valence-corrected chi connectivity index (χ2v) is 13.8. The van der Waals surface area contributed by atoms with E-state index in [-0.39, 0.29) is 12.1 Å². The third-order valence-electron chi connectivity index (χ3n) is 10.6. The van der Waals surface area contributed by atoms with Gasteiger partial charge in [-0.3, -0.25) is 9.98 Å². The fourth-order valence-corrected chi connectivity index (χ4v) is 8.03. The van der Waals surface area contributed by atoms with Crippen LogP contribution in [0.25, 0.3) is 55.1 Å². The number of nitrogens with zero attached hydrogens (tertiary/aromatic N) is 2. The van der Waals surface area contributed by atoms with Gasteiger partial charge < -0.3 is 9.40 Å². The van der Waals surface area contributed by atoms with Crippen molar-refractivity contribution < 1.29 is 4.42 Å². The van der Waals surface area contributed by atoms with Gasteiger partial charge in [0.15, 0.2) is 5.49 Å². The zero-order valence-corrected chi connectivity index (χ0v) is 28.8. The topological polar surface area (TPSA) is 53.6 Å². The minimum absolute atomic E-state index is 0.208. The molecule has 0 fully saturated rings. The molecule has 0 saturated carbocycles. The molecular weight excluding hydrogens is 635 g/mol. The molecule has 9 aromatic rings. The number of aromatic amines is 1. The number of rotatable bonds is 6. The molecule has 0 spiro atoms. The van der Waals surface area contributed by atoms with Crippen LogP contribution in [-0.2, 0) is 6.42 Å². The smallest absolute Gasteiger partial charge is 0.152 e. The predicted molar refractivity (Wildman–Crippen MR) is 211 cm³/mol. The van der Waals surface area contributed by atoms with Gasteiger partial charge >= 0.3 is 0 Å². The van der Waals surface area contributed by atoms with Crippen LogP contribution in [0.3, 0.4) is 0 Å². The van der Waals surface area contributed by atoms with Crippen molar-refractivity contribution >= 4 is 32.8 Å². The molecule has 2 aromatic heterocycles. The van der Waals surface area contributed by atoms with Crippen molar-refractivity contribution in [1.82, 2.24) is 4.98 Å². The van der Waals surface area contributed by atoms with Crippen molar-refractivity contribution in [2.24, 2.45) is 9.98 Å². The molecule has 4 heteroatoms. The highest BCUT2D eigenvalue weighted by Crippen LogP contribution is 2.42. The molecule has 0 bridgehead atoms. The summed E-state index contributed by atoms with van der Waals surface area (Å²) in [6.45, 7) is 2.20. The molecule has 1 aliphatic heterocycles. The van der Waals surface area contributed by atoms with E-state index < -0.39 is 0 Å². The summed E-state index contributed by atoms with van der Waals surface area (Å²) in [6, 6.07) is 57.7. The quantitative estimate of drug-likeness (QED) is 0.188. The number of nitrogens with one attached hydrogen (secondary N) is 1. The van der Waals surface area contributed by atoms with E-state index in [1.165, 1.54) is 33.4 Å². The van der Waals surface area contributed by atoms with E-state index in [4.69, 9.17) is 14.4 Å². The van der Waals surface area contributed by atoms with Gasteiger partial charge in [-0.1, -0.05) is 133 Å². The summed E-state index contributed by atoms with van der Waals surface area (Å²) in [5.41, 5.74) is 14.6. The largest absolute Gasteiger partial charge is 0.456 e. The summed E-state index contributed by atoms with van der Waals surface area (Å²) in [5.74, 6) is 0. The Kier molecular flexibility index (Phi) is 7.21. The standard InChI is InChI=1S/C48H35N3O/c1-30-13-8-9-18-36(30)39-28-33(23-24-35(39)27-31-14-4-2-5-15-31)34-25-26-41-40(29-34)47-48(49-41)51-46(45(50-47)32-16-6-3-7-17-32)38-20-12-22-43-44(38)37-19-10-11-21-42(37)52-43/h2-26,28-29,45-46H,27H2,1H3,(H,49,51). The first kappa shape index (κ1) is 30.3. The van der Waals surface area contributed by atoms with Gasteiger partial charge in [-0.2, -0.15) is 0 Å². The van der Waals surface area contributed by atoms with Crippen LogP contribution >= 0.6 is 0 Å². The van der Waals surface area contributed by atoms with Crippen molar-refractivity contribution in [2.45, 2.75) is 25.4 Å². The summed E-state index contributed by atoms with van der Waals surface area (Å²) in [5, 5.41) is 4.19. The molecule has 248 valence electrons. The monoisotopic (exact) mass is 669 g/mol. The Morgan fingerprint density at radius 1 is 0.577 bits per heavy atom. The van der Waals surface area contributed by atoms with Gasteiger partial charge in [0.2, 0.25) is 0 Å². The Morgan fingerprint density at radius 3 is 2.17 bits per heavy atom. The molecule has 1 aliphatic rings. The van der Waals surface area contributed by atoms with Crippen molar-refractivity contribution in [3.05, 3.63) is 202 Å². The van der Waals surface area contributed by atoms with Gasteiger partial charge in [0.1, 0.15) is 28.6 Å². The fourth-order valence-electron chi connectivity index (χ4n) is 8.03. The highest BCUT2D eigenvalue weighted by atomic mass is 16.3. The minimum atomic E-state index is -0.235. The maximum Gasteiger partial charge on any atom is 0.152 e. The number of furan rings is 1. The number of H-pyrrole nitrogens is 1. The van der Waals surface area contributed by atoms with E-state index in [1.807, 2.05) is 18.2 Å². The highest BCUT2D eigenvalue weighted by Gasteiger charge is 2.30. The molecular formula is C48H35N3O. The third kappa shape index (κ3) is 5.15. The van der Waals surface area contributed by atoms with Gasteiger partial charge in [0.05, 0.1) is 0 Å². The van der Waals surface area contributed by atoms with Crippen LogP contribution < -0.4 is 10.8 Å². The van der Waals surface area contributed by atoms with Crippen molar-refractivity contribution in [1.29, 1.82) is 0 Å². The number of aryl methyl sites for hydroxylation is 1. The first-order chi connectivity index (χ1) is 25.7. The summed E-state index contributed by atoms with van der Waals surface area (Å²) < 4.78 is 6.30. The number of benzene rings is 7. The van der Waals surface area contributed by atoms with Crippen LogP contribution in [0.4, 0.5) is 0 Å². The molecule has 2 unspecified atom stereocenters. The summed E-state index contributed by atoms with van der Waals surface area (Å²) >= 11 is 0. The Morgan fingerprint density at radius 2 is 1.31 bits per heavy atom. The SMILES string of the molecule is Cc1ccccc1-c1cc(-c2ccc3[nH]c4c(c3c2)=NC(c2ccccc2)C(c2cccc3oc5ccccc5c23)N=4)ccc1Cc1ccccc1. The number of hydrogen-bond acceptors (Lipinski definition) is 3. The van der Waals surface area contributed by atoms with Crippen LogP contribution in [0.5, 0.6) is 0 Å². The average Bonchev–Trinajstić information content (AvgIpc) is 3.76. The lowest BCUT2D eigenvalue weighted by atomic mass is 9.89. The van der Waals surface area contributed by atoms with E-state index in [0.29, 0.717) is 0 Å². The molecule has 0 amide bonds. The van der Waals surface area contributed by atoms with E-state index in [0.717, 1.165) is 66.8 Å². The molecule has 3 heterocycles. The molecule has 1 N–H and O–H groups in total. The second kappa shape index (κ2) is 12.4. The van der Waals surface area contributed by atoms with Gasteiger partial charge in [-0.25, -0.2) is 0 Å². The van der Waals surface area contributed by atoms with Crippen LogP contribution in [0.15, 0.2) is 178 Å². The Balaban J connectivity index is 1.14. The third-order valence-corrected chi connectivity index (χ3v) is 10.6. The molecule has 7 aromatic carbocycles. The van der Waals surface area contributed by atoms with E-state index in [9.17, 15) is 0 Å². The normalized spacial score (nSPS) is 15.4. The summed E-state index contributed by atoms with van der Waals surface area (Å²) in [6.07, 6.45) is 0.875. The molecule has 0 saturated heterocycles. The maximum absolute atomic E-state index is 6.30. The fraction of sp³-hybridized carbons (Fsp3) is 0.0833. The van der Waals surface area contributed by atoms with Gasteiger partial charge in [0, 0.05) is 21.7 Å². The molecule has 2 atom stereocenters. The molecule has 10 rings (SSSR count). The van der Waals surface area contributed by atoms with E-state index in [1.54, 1.807) is 0 Å². The van der Waals surface area contributed by atoms with Crippen LogP contribution in [-0.4, -0.2) is 4.98 Å². The lowest BCUT2D eigenvalue weighted by molar-refractivity contribution is 0.536. The van der Waals surface area contributed by atoms with E-state index in [2.05, 4.69) is 158 Å². The molecule has 4 nitrogen and oxygen atoms in total. The number of para-hydroxylation sites is 1. The lowest BCUT2D eigenvalue weighted by Gasteiger charge is -2.24. The van der Waals surface area contributed by atoms with Crippen LogP contribution in [0.2, 0.25) is 0 Å². The first-order valence-electron chi connectivity index (χ1n) is 17.9. The summed E-state index contributed by atoms with van der Waals surface area (Å²) in [4.78, 5) is 14.7. The lowest BCUT2D eigenvalue weighted by Crippen LogP contribution is -2.31. The summed E-state index contributed by atoms with van der Waals surface area (Å²) in [7, 11) is 0. The second-order valence-electron chi connectivity index (χ2n) is 13.8.